The van der Waals surface area contributed by atoms with Crippen molar-refractivity contribution in [3.05, 3.63) is 28.5 Å². The summed E-state index contributed by atoms with van der Waals surface area (Å²) in [4.78, 5) is 4.53. The first-order chi connectivity index (χ1) is 9.24. The molecule has 1 heterocycles. The van der Waals surface area contributed by atoms with Crippen LogP contribution in [-0.4, -0.2) is 4.98 Å². The summed E-state index contributed by atoms with van der Waals surface area (Å²) in [6.45, 7) is 0. The Kier molecular flexibility index (Phi) is 2.60. The van der Waals surface area contributed by atoms with Gasteiger partial charge in [0, 0.05) is 11.6 Å². The van der Waals surface area contributed by atoms with Crippen LogP contribution in [0.1, 0.15) is 49.3 Å². The molecule has 0 unspecified atom stereocenters. The fourth-order valence-corrected chi connectivity index (χ4v) is 5.33. The largest absolute Gasteiger partial charge is 0.239 e. The molecule has 4 saturated carbocycles. The molecule has 0 saturated heterocycles. The maximum absolute atomic E-state index is 8.95. The Morgan fingerprint density at radius 1 is 1.05 bits per heavy atom. The van der Waals surface area contributed by atoms with Crippen LogP contribution in [0, 0.1) is 35.0 Å². The van der Waals surface area contributed by atoms with Crippen LogP contribution in [0.4, 0.5) is 0 Å². The highest BCUT2D eigenvalue weighted by molar-refractivity contribution is 6.30. The van der Waals surface area contributed by atoms with Crippen molar-refractivity contribution in [3.8, 4) is 6.07 Å². The second-order valence-electron chi connectivity index (χ2n) is 6.64. The predicted molar refractivity (Wildman–Crippen MR) is 73.7 cm³/mol. The zero-order valence-corrected chi connectivity index (χ0v) is 11.6. The van der Waals surface area contributed by atoms with Gasteiger partial charge in [0.1, 0.15) is 11.2 Å². The molecule has 5 rings (SSSR count). The fourth-order valence-electron chi connectivity index (χ4n) is 5.13. The number of rotatable bonds is 1. The summed E-state index contributed by atoms with van der Waals surface area (Å²) < 4.78 is 0. The molecule has 4 fully saturated rings. The normalized spacial score (nSPS) is 39.3. The topological polar surface area (TPSA) is 36.7 Å². The van der Waals surface area contributed by atoms with E-state index in [0.29, 0.717) is 16.6 Å². The Morgan fingerprint density at radius 2 is 1.68 bits per heavy atom. The third-order valence-corrected chi connectivity index (χ3v) is 5.85. The molecule has 0 spiro atoms. The van der Waals surface area contributed by atoms with E-state index < -0.39 is 0 Å². The SMILES string of the molecule is N#Cc1ccc(C2C3CC4CC(C3)CC2C4)nc1Cl. The monoisotopic (exact) mass is 272 g/mol. The number of hydrogen-bond donors (Lipinski definition) is 0. The molecule has 4 bridgehead atoms. The average molecular weight is 273 g/mol. The number of pyridine rings is 1. The lowest BCUT2D eigenvalue weighted by molar-refractivity contribution is -0.00414. The van der Waals surface area contributed by atoms with Gasteiger partial charge in [-0.2, -0.15) is 5.26 Å². The van der Waals surface area contributed by atoms with E-state index in [1.54, 1.807) is 0 Å². The van der Waals surface area contributed by atoms with E-state index in [1.165, 1.54) is 32.1 Å². The number of nitrogens with zero attached hydrogens (tertiary/aromatic N) is 2. The molecule has 0 amide bonds. The lowest BCUT2D eigenvalue weighted by Crippen LogP contribution is -2.44. The lowest BCUT2D eigenvalue weighted by Gasteiger charge is -2.54. The number of nitriles is 1. The van der Waals surface area contributed by atoms with Gasteiger partial charge in [-0.05, 0) is 67.9 Å². The molecule has 0 N–H and O–H groups in total. The molecule has 19 heavy (non-hydrogen) atoms. The Labute approximate surface area is 118 Å². The van der Waals surface area contributed by atoms with Crippen LogP contribution in [-0.2, 0) is 0 Å². The molecule has 0 aromatic carbocycles. The minimum absolute atomic E-state index is 0.383. The van der Waals surface area contributed by atoms with E-state index in [-0.39, 0.29) is 0 Å². The van der Waals surface area contributed by atoms with Gasteiger partial charge in [0.15, 0.2) is 0 Å². The highest BCUT2D eigenvalue weighted by atomic mass is 35.5. The Hall–Kier alpha value is -1.07. The Balaban J connectivity index is 1.69. The van der Waals surface area contributed by atoms with Gasteiger partial charge >= 0.3 is 0 Å². The number of halogens is 1. The minimum atomic E-state index is 0.383. The highest BCUT2D eigenvalue weighted by Gasteiger charge is 2.49. The molecule has 0 aliphatic heterocycles. The van der Waals surface area contributed by atoms with Crippen LogP contribution in [0.5, 0.6) is 0 Å². The molecule has 0 radical (unpaired) electrons. The maximum atomic E-state index is 8.95. The van der Waals surface area contributed by atoms with Crippen molar-refractivity contribution >= 4 is 11.6 Å². The molecule has 3 heteroatoms. The summed E-state index contributed by atoms with van der Waals surface area (Å²) in [6.07, 6.45) is 7.02. The van der Waals surface area contributed by atoms with Crippen LogP contribution in [0.3, 0.4) is 0 Å². The number of hydrogen-bond acceptors (Lipinski definition) is 2. The van der Waals surface area contributed by atoms with Gasteiger partial charge in [-0.25, -0.2) is 4.98 Å². The van der Waals surface area contributed by atoms with E-state index >= 15 is 0 Å². The van der Waals surface area contributed by atoms with Crippen LogP contribution >= 0.6 is 11.6 Å². The van der Waals surface area contributed by atoms with Crippen molar-refractivity contribution in [1.29, 1.82) is 5.26 Å². The molecule has 4 aliphatic rings. The molecule has 0 atom stereocenters. The Morgan fingerprint density at radius 3 is 2.21 bits per heavy atom. The van der Waals surface area contributed by atoms with Gasteiger partial charge in [-0.1, -0.05) is 11.6 Å². The van der Waals surface area contributed by atoms with Gasteiger partial charge in [0.05, 0.1) is 5.56 Å². The Bertz CT molecular complexity index is 532. The first-order valence-electron chi connectivity index (χ1n) is 7.31. The van der Waals surface area contributed by atoms with Crippen LogP contribution < -0.4 is 0 Å². The third kappa shape index (κ3) is 1.79. The molecule has 98 valence electrons. The quantitative estimate of drug-likeness (QED) is 0.720. The van der Waals surface area contributed by atoms with Crippen molar-refractivity contribution in [1.82, 2.24) is 4.98 Å². The highest BCUT2D eigenvalue weighted by Crippen LogP contribution is 2.59. The van der Waals surface area contributed by atoms with E-state index in [4.69, 9.17) is 16.9 Å². The van der Waals surface area contributed by atoms with Gasteiger partial charge in [0.25, 0.3) is 0 Å². The van der Waals surface area contributed by atoms with E-state index in [2.05, 4.69) is 11.1 Å². The van der Waals surface area contributed by atoms with E-state index in [0.717, 1.165) is 29.4 Å². The minimum Gasteiger partial charge on any atom is -0.239 e. The van der Waals surface area contributed by atoms with E-state index in [9.17, 15) is 0 Å². The first kappa shape index (κ1) is 11.7. The molecular formula is C16H17ClN2. The zero-order chi connectivity index (χ0) is 13.0. The standard InChI is InChI=1S/C16H17ClN2/c17-16-11(8-18)1-2-14(19-16)15-12-4-9-3-10(6-12)7-13(15)5-9/h1-2,9-10,12-13,15H,3-7H2. The van der Waals surface area contributed by atoms with Crippen molar-refractivity contribution in [2.24, 2.45) is 23.7 Å². The van der Waals surface area contributed by atoms with Crippen LogP contribution in [0.25, 0.3) is 0 Å². The third-order valence-electron chi connectivity index (χ3n) is 5.56. The second-order valence-corrected chi connectivity index (χ2v) is 7.00. The molecule has 2 nitrogen and oxygen atoms in total. The van der Waals surface area contributed by atoms with Crippen molar-refractivity contribution < 1.29 is 0 Å². The van der Waals surface area contributed by atoms with Crippen molar-refractivity contribution in [2.75, 3.05) is 0 Å². The molecule has 4 aliphatic carbocycles. The summed E-state index contributed by atoms with van der Waals surface area (Å²) in [6, 6.07) is 5.98. The summed E-state index contributed by atoms with van der Waals surface area (Å²) >= 11 is 6.11. The zero-order valence-electron chi connectivity index (χ0n) is 10.8. The first-order valence-corrected chi connectivity index (χ1v) is 7.69. The van der Waals surface area contributed by atoms with E-state index in [1.807, 2.05) is 12.1 Å². The summed E-state index contributed by atoms with van der Waals surface area (Å²) in [7, 11) is 0. The van der Waals surface area contributed by atoms with Crippen LogP contribution in [0.15, 0.2) is 12.1 Å². The lowest BCUT2D eigenvalue weighted by atomic mass is 9.51. The summed E-state index contributed by atoms with van der Waals surface area (Å²) in [5.74, 6) is 4.18. The predicted octanol–water partition coefficient (Wildman–Crippen LogP) is 4.15. The summed E-state index contributed by atoms with van der Waals surface area (Å²) in [5, 5.41) is 9.33. The van der Waals surface area contributed by atoms with Crippen molar-refractivity contribution in [3.63, 3.8) is 0 Å². The number of aromatic nitrogens is 1. The molecular weight excluding hydrogens is 256 g/mol. The second kappa shape index (κ2) is 4.21. The van der Waals surface area contributed by atoms with Crippen molar-refractivity contribution in [2.45, 2.75) is 38.0 Å². The average Bonchev–Trinajstić information content (AvgIpc) is 2.37. The molecule has 1 aromatic heterocycles. The summed E-state index contributed by atoms with van der Waals surface area (Å²) in [5.41, 5.74) is 1.63. The van der Waals surface area contributed by atoms with Gasteiger partial charge in [-0.15, -0.1) is 0 Å². The smallest absolute Gasteiger partial charge is 0.147 e. The molecule has 1 aromatic rings. The van der Waals surface area contributed by atoms with Crippen LogP contribution in [0.2, 0.25) is 5.15 Å². The van der Waals surface area contributed by atoms with Gasteiger partial charge in [-0.3, -0.25) is 0 Å². The fraction of sp³-hybridized carbons (Fsp3) is 0.625. The van der Waals surface area contributed by atoms with Gasteiger partial charge < -0.3 is 0 Å². The maximum Gasteiger partial charge on any atom is 0.147 e. The van der Waals surface area contributed by atoms with Gasteiger partial charge in [0.2, 0.25) is 0 Å².